The van der Waals surface area contributed by atoms with Crippen molar-refractivity contribution in [2.24, 2.45) is 0 Å². The van der Waals surface area contributed by atoms with Crippen LogP contribution < -0.4 is 5.43 Å². The molecule has 1 heterocycles. The predicted molar refractivity (Wildman–Crippen MR) is 39.8 cm³/mol. The molecule has 0 atom stereocenters. The molecule has 0 saturated carbocycles. The molecule has 12 heavy (non-hydrogen) atoms. The summed E-state index contributed by atoms with van der Waals surface area (Å²) in [7, 11) is 0. The molecule has 0 spiro atoms. The zero-order valence-corrected chi connectivity index (χ0v) is 6.33. The maximum absolute atomic E-state index is 11.0. The fourth-order valence-electron chi connectivity index (χ4n) is 0.782. The van der Waals surface area contributed by atoms with Gasteiger partial charge in [-0.25, -0.2) is 4.79 Å². The summed E-state index contributed by atoms with van der Waals surface area (Å²) < 4.78 is 0. The molecule has 5 heteroatoms. The van der Waals surface area contributed by atoms with E-state index in [1.807, 2.05) is 0 Å². The van der Waals surface area contributed by atoms with Crippen molar-refractivity contribution >= 4 is 5.97 Å². The Bertz CT molecular complexity index is 355. The van der Waals surface area contributed by atoms with Crippen molar-refractivity contribution in [1.82, 2.24) is 4.98 Å². The van der Waals surface area contributed by atoms with Crippen LogP contribution in [0.25, 0.3) is 0 Å². The molecular weight excluding hydrogens is 162 g/mol. The monoisotopic (exact) mass is 169 g/mol. The summed E-state index contributed by atoms with van der Waals surface area (Å²) in [5, 5.41) is 7.98. The molecule has 0 radical (unpaired) electrons. The second-order valence-corrected chi connectivity index (χ2v) is 2.27. The molecule has 64 valence electrons. The lowest BCUT2D eigenvalue weighted by Gasteiger charge is -1.95. The first-order valence-corrected chi connectivity index (χ1v) is 3.20. The lowest BCUT2D eigenvalue weighted by atomic mass is 10.2. The number of hydrogen-bond acceptors (Lipinski definition) is 4. The molecule has 0 aliphatic rings. The minimum atomic E-state index is -1.06. The van der Waals surface area contributed by atoms with Crippen molar-refractivity contribution in [3.63, 3.8) is 0 Å². The topological polar surface area (TPSA) is 79.4 Å². The van der Waals surface area contributed by atoms with Crippen molar-refractivity contribution in [2.45, 2.75) is 6.92 Å². The number of aryl methyl sites for hydroxylation is 1. The number of H-pyrrole nitrogens is 1. The lowest BCUT2D eigenvalue weighted by molar-refractivity contribution is -0.182. The molecule has 2 N–H and O–H groups in total. The van der Waals surface area contributed by atoms with Crippen LogP contribution in [0.15, 0.2) is 17.1 Å². The van der Waals surface area contributed by atoms with Gasteiger partial charge < -0.3 is 4.98 Å². The number of aromatic amines is 1. The number of carbonyl (C=O) groups excluding carboxylic acids is 1. The molecule has 0 aliphatic heterocycles. The highest BCUT2D eigenvalue weighted by molar-refractivity contribution is 5.88. The van der Waals surface area contributed by atoms with E-state index in [2.05, 4.69) is 9.87 Å². The maximum atomic E-state index is 11.0. The quantitative estimate of drug-likeness (QED) is 0.468. The SMILES string of the molecule is Cc1cc(=O)c(C(=O)OO)c[nH]1. The molecule has 1 aromatic rings. The van der Waals surface area contributed by atoms with Crippen LogP contribution in [0.5, 0.6) is 0 Å². The van der Waals surface area contributed by atoms with Crippen LogP contribution in [-0.4, -0.2) is 16.2 Å². The van der Waals surface area contributed by atoms with E-state index in [0.29, 0.717) is 5.69 Å². The van der Waals surface area contributed by atoms with Gasteiger partial charge in [0.15, 0.2) is 5.43 Å². The van der Waals surface area contributed by atoms with E-state index in [9.17, 15) is 9.59 Å². The molecule has 1 rings (SSSR count). The van der Waals surface area contributed by atoms with Gasteiger partial charge in [-0.3, -0.25) is 9.68 Å². The van der Waals surface area contributed by atoms with E-state index in [4.69, 9.17) is 5.26 Å². The minimum Gasteiger partial charge on any atom is -0.364 e. The van der Waals surface area contributed by atoms with Crippen LogP contribution in [0.2, 0.25) is 0 Å². The Balaban J connectivity index is 3.19. The molecule has 0 amide bonds. The Kier molecular flexibility index (Phi) is 2.25. The smallest absolute Gasteiger partial charge is 0.364 e. The summed E-state index contributed by atoms with van der Waals surface area (Å²) in [6.45, 7) is 1.68. The molecule has 0 aliphatic carbocycles. The van der Waals surface area contributed by atoms with Gasteiger partial charge in [-0.2, -0.15) is 5.26 Å². The first-order chi connectivity index (χ1) is 5.65. The maximum Gasteiger partial charge on any atom is 0.378 e. The zero-order chi connectivity index (χ0) is 9.14. The number of nitrogens with one attached hydrogen (secondary N) is 1. The van der Waals surface area contributed by atoms with Crippen LogP contribution in [0.4, 0.5) is 0 Å². The van der Waals surface area contributed by atoms with Crippen molar-refractivity contribution in [1.29, 1.82) is 0 Å². The first kappa shape index (κ1) is 8.48. The van der Waals surface area contributed by atoms with E-state index in [-0.39, 0.29) is 5.56 Å². The Morgan fingerprint density at radius 2 is 2.33 bits per heavy atom. The van der Waals surface area contributed by atoms with Crippen molar-refractivity contribution in [2.75, 3.05) is 0 Å². The average Bonchev–Trinajstić information content (AvgIpc) is 2.03. The van der Waals surface area contributed by atoms with Crippen molar-refractivity contribution < 1.29 is 14.9 Å². The van der Waals surface area contributed by atoms with Crippen molar-refractivity contribution in [3.8, 4) is 0 Å². The number of rotatable bonds is 1. The highest BCUT2D eigenvalue weighted by Gasteiger charge is 2.10. The molecule has 5 nitrogen and oxygen atoms in total. The van der Waals surface area contributed by atoms with Crippen molar-refractivity contribution in [3.05, 3.63) is 33.7 Å². The number of hydrogen-bond donors (Lipinski definition) is 2. The van der Waals surface area contributed by atoms with Gasteiger partial charge in [0.25, 0.3) is 0 Å². The zero-order valence-electron chi connectivity index (χ0n) is 6.33. The summed E-state index contributed by atoms with van der Waals surface area (Å²) in [5.41, 5.74) is -0.0668. The van der Waals surface area contributed by atoms with Gasteiger partial charge in [-0.1, -0.05) is 0 Å². The normalized spacial score (nSPS) is 9.50. The van der Waals surface area contributed by atoms with Crippen LogP contribution in [0.1, 0.15) is 16.1 Å². The summed E-state index contributed by atoms with van der Waals surface area (Å²) in [6, 6.07) is 1.24. The molecule has 0 unspecified atom stereocenters. The lowest BCUT2D eigenvalue weighted by Crippen LogP contribution is -2.16. The highest BCUT2D eigenvalue weighted by atomic mass is 17.1. The van der Waals surface area contributed by atoms with Gasteiger partial charge in [-0.05, 0) is 6.92 Å². The Hall–Kier alpha value is -1.62. The fourth-order valence-corrected chi connectivity index (χ4v) is 0.782. The van der Waals surface area contributed by atoms with Gasteiger partial charge in [-0.15, -0.1) is 0 Å². The van der Waals surface area contributed by atoms with Crippen LogP contribution in [0.3, 0.4) is 0 Å². The van der Waals surface area contributed by atoms with E-state index in [0.717, 1.165) is 0 Å². The predicted octanol–water partition coefficient (Wildman–Crippen LogP) is 0.313. The first-order valence-electron chi connectivity index (χ1n) is 3.20. The second-order valence-electron chi connectivity index (χ2n) is 2.27. The molecule has 0 bridgehead atoms. The number of pyridine rings is 1. The Labute approximate surface area is 67.5 Å². The summed E-state index contributed by atoms with van der Waals surface area (Å²) in [4.78, 5) is 27.7. The summed E-state index contributed by atoms with van der Waals surface area (Å²) in [5.74, 6) is -1.06. The second kappa shape index (κ2) is 3.19. The van der Waals surface area contributed by atoms with Gasteiger partial charge in [0.1, 0.15) is 5.56 Å². The van der Waals surface area contributed by atoms with Gasteiger partial charge in [0.05, 0.1) is 0 Å². The average molecular weight is 169 g/mol. The molecule has 0 aromatic carbocycles. The molecule has 1 aromatic heterocycles. The fraction of sp³-hybridized carbons (Fsp3) is 0.143. The van der Waals surface area contributed by atoms with Gasteiger partial charge in [0, 0.05) is 18.0 Å². The van der Waals surface area contributed by atoms with E-state index < -0.39 is 11.4 Å². The minimum absolute atomic E-state index is 0.219. The van der Waals surface area contributed by atoms with Gasteiger partial charge in [0.2, 0.25) is 0 Å². The van der Waals surface area contributed by atoms with Crippen LogP contribution in [-0.2, 0) is 4.89 Å². The largest absolute Gasteiger partial charge is 0.378 e. The standard InChI is InChI=1S/C7H7NO4/c1-4-2-6(9)5(3-8-4)7(10)12-11/h2-3,11H,1H3,(H,8,9). The van der Waals surface area contributed by atoms with E-state index in [1.165, 1.54) is 12.3 Å². The molecule has 0 fully saturated rings. The Morgan fingerprint density at radius 1 is 1.67 bits per heavy atom. The summed E-state index contributed by atoms with van der Waals surface area (Å²) in [6.07, 6.45) is 1.19. The van der Waals surface area contributed by atoms with E-state index >= 15 is 0 Å². The summed E-state index contributed by atoms with van der Waals surface area (Å²) >= 11 is 0. The number of aromatic nitrogens is 1. The van der Waals surface area contributed by atoms with Crippen LogP contribution >= 0.6 is 0 Å². The highest BCUT2D eigenvalue weighted by Crippen LogP contribution is 1.93. The van der Waals surface area contributed by atoms with E-state index in [1.54, 1.807) is 6.92 Å². The molecular formula is C7H7NO4. The third-order valence-electron chi connectivity index (χ3n) is 1.36. The van der Waals surface area contributed by atoms with Crippen LogP contribution in [0, 0.1) is 6.92 Å². The number of carbonyl (C=O) groups is 1. The third kappa shape index (κ3) is 1.51. The molecule has 0 saturated heterocycles. The Morgan fingerprint density at radius 3 is 2.83 bits per heavy atom. The van der Waals surface area contributed by atoms with Gasteiger partial charge >= 0.3 is 5.97 Å². The third-order valence-corrected chi connectivity index (χ3v) is 1.36.